The normalized spacial score (nSPS) is 22.8. The highest BCUT2D eigenvalue weighted by molar-refractivity contribution is 7.12. The highest BCUT2D eigenvalue weighted by Crippen LogP contribution is 2.36. The Morgan fingerprint density at radius 1 is 1.37 bits per heavy atom. The van der Waals surface area contributed by atoms with E-state index >= 15 is 0 Å². The summed E-state index contributed by atoms with van der Waals surface area (Å²) in [6.07, 6.45) is 3.45. The Balaban J connectivity index is 1.55. The highest BCUT2D eigenvalue weighted by Gasteiger charge is 2.40. The minimum atomic E-state index is -0.373. The Morgan fingerprint density at radius 3 is 2.63 bits per heavy atom. The summed E-state index contributed by atoms with van der Waals surface area (Å²) in [6, 6.07) is 1.93. The Bertz CT molecular complexity index is 460. The summed E-state index contributed by atoms with van der Waals surface area (Å²) in [5.41, 5.74) is 0. The van der Waals surface area contributed by atoms with Crippen molar-refractivity contribution in [1.82, 2.24) is 5.32 Å². The van der Waals surface area contributed by atoms with Crippen LogP contribution in [0, 0.1) is 0 Å². The average Bonchev–Trinajstić information content (AvgIpc) is 3.02. The third-order valence-electron chi connectivity index (χ3n) is 3.72. The zero-order valence-electron chi connectivity index (χ0n) is 10.5. The molecule has 4 nitrogen and oxygen atoms in total. The molecule has 2 fully saturated rings. The van der Waals surface area contributed by atoms with Crippen LogP contribution < -0.4 is 5.32 Å². The van der Waals surface area contributed by atoms with Crippen LogP contribution in [0.1, 0.15) is 35.4 Å². The lowest BCUT2D eigenvalue weighted by atomic mass is 9.90. The maximum Gasteiger partial charge on any atom is 0.263 e. The summed E-state index contributed by atoms with van der Waals surface area (Å²) >= 11 is 7.33. The van der Waals surface area contributed by atoms with Gasteiger partial charge in [0.15, 0.2) is 5.79 Å². The van der Waals surface area contributed by atoms with Crippen LogP contribution in [0.25, 0.3) is 0 Å². The molecule has 0 radical (unpaired) electrons. The summed E-state index contributed by atoms with van der Waals surface area (Å²) in [7, 11) is 0. The fourth-order valence-electron chi connectivity index (χ4n) is 2.69. The van der Waals surface area contributed by atoms with E-state index in [0.29, 0.717) is 23.1 Å². The smallest absolute Gasteiger partial charge is 0.263 e. The first-order valence-electron chi connectivity index (χ1n) is 6.50. The SMILES string of the molecule is O=C(NC1CCC2(CC1)OCCO2)c1sccc1Cl. The molecule has 1 saturated carbocycles. The lowest BCUT2D eigenvalue weighted by molar-refractivity contribution is -0.179. The lowest BCUT2D eigenvalue weighted by Crippen LogP contribution is -2.43. The molecular weight excluding hydrogens is 286 g/mol. The topological polar surface area (TPSA) is 47.6 Å². The number of carbonyl (C=O) groups excluding carboxylic acids is 1. The van der Waals surface area contributed by atoms with Crippen LogP contribution in [0.3, 0.4) is 0 Å². The van der Waals surface area contributed by atoms with Crippen LogP contribution in [-0.2, 0) is 9.47 Å². The molecule has 0 bridgehead atoms. The Morgan fingerprint density at radius 2 is 2.05 bits per heavy atom. The van der Waals surface area contributed by atoms with Gasteiger partial charge in [-0.2, -0.15) is 0 Å². The summed E-state index contributed by atoms with van der Waals surface area (Å²) < 4.78 is 11.3. The van der Waals surface area contributed by atoms with Crippen LogP contribution in [0.5, 0.6) is 0 Å². The van der Waals surface area contributed by atoms with Crippen molar-refractivity contribution in [2.45, 2.75) is 37.5 Å². The van der Waals surface area contributed by atoms with Gasteiger partial charge >= 0.3 is 0 Å². The van der Waals surface area contributed by atoms with Crippen molar-refractivity contribution in [2.75, 3.05) is 13.2 Å². The van der Waals surface area contributed by atoms with Gasteiger partial charge in [-0.1, -0.05) is 11.6 Å². The number of amides is 1. The monoisotopic (exact) mass is 301 g/mol. The number of thiophene rings is 1. The van der Waals surface area contributed by atoms with E-state index < -0.39 is 0 Å². The molecule has 1 aliphatic carbocycles. The molecule has 1 aliphatic heterocycles. The minimum absolute atomic E-state index is 0.0748. The van der Waals surface area contributed by atoms with E-state index in [9.17, 15) is 4.79 Å². The molecule has 6 heteroatoms. The van der Waals surface area contributed by atoms with Gasteiger partial charge in [0.25, 0.3) is 5.91 Å². The maximum absolute atomic E-state index is 12.1. The van der Waals surface area contributed by atoms with E-state index in [4.69, 9.17) is 21.1 Å². The third-order valence-corrected chi connectivity index (χ3v) is 5.06. The first-order chi connectivity index (χ1) is 9.19. The van der Waals surface area contributed by atoms with Crippen molar-refractivity contribution >= 4 is 28.8 Å². The second kappa shape index (κ2) is 5.40. The summed E-state index contributed by atoms with van der Waals surface area (Å²) in [5, 5.41) is 5.40. The molecule has 0 atom stereocenters. The van der Waals surface area contributed by atoms with Gasteiger partial charge in [-0.15, -0.1) is 11.3 Å². The van der Waals surface area contributed by atoms with Crippen LogP contribution >= 0.6 is 22.9 Å². The third kappa shape index (κ3) is 2.79. The molecule has 1 amide bonds. The number of carbonyl (C=O) groups is 1. The summed E-state index contributed by atoms with van der Waals surface area (Å²) in [6.45, 7) is 1.36. The number of halogens is 1. The largest absolute Gasteiger partial charge is 0.349 e. The molecule has 0 unspecified atom stereocenters. The summed E-state index contributed by atoms with van der Waals surface area (Å²) in [4.78, 5) is 12.7. The summed E-state index contributed by atoms with van der Waals surface area (Å²) in [5.74, 6) is -0.448. The van der Waals surface area contributed by atoms with Crippen LogP contribution in [-0.4, -0.2) is 30.9 Å². The van der Waals surface area contributed by atoms with Crippen molar-refractivity contribution in [1.29, 1.82) is 0 Å². The predicted octanol–water partition coefficient (Wildman–Crippen LogP) is 2.82. The first-order valence-corrected chi connectivity index (χ1v) is 7.76. The van der Waals surface area contributed by atoms with E-state index in [1.54, 1.807) is 6.07 Å². The second-order valence-corrected chi connectivity index (χ2v) is 6.28. The zero-order chi connectivity index (χ0) is 13.3. The Labute approximate surface area is 121 Å². The molecule has 2 aliphatic rings. The quantitative estimate of drug-likeness (QED) is 0.914. The van der Waals surface area contributed by atoms with Gasteiger partial charge in [0, 0.05) is 18.9 Å². The Hall–Kier alpha value is -0.620. The lowest BCUT2D eigenvalue weighted by Gasteiger charge is -2.35. The molecule has 2 heterocycles. The highest BCUT2D eigenvalue weighted by atomic mass is 35.5. The van der Waals surface area contributed by atoms with Gasteiger partial charge in [-0.25, -0.2) is 0 Å². The van der Waals surface area contributed by atoms with Gasteiger partial charge in [0.1, 0.15) is 4.88 Å². The van der Waals surface area contributed by atoms with Crippen LogP contribution in [0.15, 0.2) is 11.4 Å². The van der Waals surface area contributed by atoms with Crippen molar-refractivity contribution in [3.63, 3.8) is 0 Å². The van der Waals surface area contributed by atoms with Gasteiger partial charge in [0.2, 0.25) is 0 Å². The molecule has 1 aromatic rings. The molecule has 1 saturated heterocycles. The molecule has 1 aromatic heterocycles. The average molecular weight is 302 g/mol. The molecule has 1 spiro atoms. The number of hydrogen-bond acceptors (Lipinski definition) is 4. The molecular formula is C13H16ClNO3S. The van der Waals surface area contributed by atoms with Crippen LogP contribution in [0.4, 0.5) is 0 Å². The van der Waals surface area contributed by atoms with Crippen molar-refractivity contribution < 1.29 is 14.3 Å². The molecule has 0 aromatic carbocycles. The second-order valence-electron chi connectivity index (χ2n) is 4.95. The first kappa shape index (κ1) is 13.4. The van der Waals surface area contributed by atoms with Gasteiger partial charge in [0.05, 0.1) is 18.2 Å². The fourth-order valence-corrected chi connectivity index (χ4v) is 3.74. The molecule has 19 heavy (non-hydrogen) atoms. The van der Waals surface area contributed by atoms with E-state index in [0.717, 1.165) is 25.7 Å². The van der Waals surface area contributed by atoms with Crippen molar-refractivity contribution in [3.05, 3.63) is 21.3 Å². The van der Waals surface area contributed by atoms with Gasteiger partial charge in [-0.3, -0.25) is 4.79 Å². The number of ether oxygens (including phenoxy) is 2. The minimum Gasteiger partial charge on any atom is -0.349 e. The van der Waals surface area contributed by atoms with Gasteiger partial charge in [-0.05, 0) is 24.3 Å². The van der Waals surface area contributed by atoms with Gasteiger partial charge < -0.3 is 14.8 Å². The number of nitrogens with one attached hydrogen (secondary N) is 1. The molecule has 1 N–H and O–H groups in total. The molecule has 3 rings (SSSR count). The van der Waals surface area contributed by atoms with E-state index in [1.807, 2.05) is 5.38 Å². The van der Waals surface area contributed by atoms with E-state index in [1.165, 1.54) is 11.3 Å². The van der Waals surface area contributed by atoms with E-state index in [-0.39, 0.29) is 17.7 Å². The Kier molecular flexibility index (Phi) is 3.80. The van der Waals surface area contributed by atoms with E-state index in [2.05, 4.69) is 5.32 Å². The maximum atomic E-state index is 12.1. The fraction of sp³-hybridized carbons (Fsp3) is 0.615. The standard InChI is InChI=1S/C13H16ClNO3S/c14-10-3-8-19-11(10)12(16)15-9-1-4-13(5-2-9)17-6-7-18-13/h3,8-9H,1-2,4-7H2,(H,15,16). The van der Waals surface area contributed by atoms with Crippen LogP contribution in [0.2, 0.25) is 5.02 Å². The number of rotatable bonds is 2. The zero-order valence-corrected chi connectivity index (χ0v) is 12.1. The van der Waals surface area contributed by atoms with Crippen molar-refractivity contribution in [2.24, 2.45) is 0 Å². The molecule has 104 valence electrons. The predicted molar refractivity (Wildman–Crippen MR) is 73.7 cm³/mol. The number of hydrogen-bond donors (Lipinski definition) is 1. The van der Waals surface area contributed by atoms with Crippen molar-refractivity contribution in [3.8, 4) is 0 Å².